The second-order valence-electron chi connectivity index (χ2n) is 6.19. The quantitative estimate of drug-likeness (QED) is 0.549. The number of carbonyl (C=O) groups excluding carboxylic acids is 1. The standard InChI is InChI=1S/C18H19N5O2S/c24-17(23-10-1-3-13(11-23)15-6-9-21-22-15)16-5-4-14(25-16)12-26-18-19-7-2-8-20-18/h2,4-9,13H,1,3,10-12H2,(H,21,22). The molecule has 1 atom stereocenters. The summed E-state index contributed by atoms with van der Waals surface area (Å²) in [6, 6.07) is 7.36. The van der Waals surface area contributed by atoms with Crippen LogP contribution >= 0.6 is 11.8 Å². The summed E-state index contributed by atoms with van der Waals surface area (Å²) >= 11 is 1.48. The molecule has 0 aromatic carbocycles. The summed E-state index contributed by atoms with van der Waals surface area (Å²) in [5, 5.41) is 7.72. The number of piperidine rings is 1. The van der Waals surface area contributed by atoms with Crippen LogP contribution in [0.15, 0.2) is 52.4 Å². The van der Waals surface area contributed by atoms with Crippen LogP contribution in [-0.2, 0) is 5.75 Å². The molecule has 0 bridgehead atoms. The molecular formula is C18H19N5O2S. The van der Waals surface area contributed by atoms with Gasteiger partial charge in [0.1, 0.15) is 5.76 Å². The third kappa shape index (κ3) is 3.80. The smallest absolute Gasteiger partial charge is 0.289 e. The molecule has 134 valence electrons. The van der Waals surface area contributed by atoms with E-state index in [2.05, 4.69) is 20.2 Å². The minimum atomic E-state index is -0.0542. The van der Waals surface area contributed by atoms with Gasteiger partial charge in [0.25, 0.3) is 5.91 Å². The molecule has 4 rings (SSSR count). The van der Waals surface area contributed by atoms with Crippen LogP contribution in [0.3, 0.4) is 0 Å². The fourth-order valence-electron chi connectivity index (χ4n) is 3.13. The highest BCUT2D eigenvalue weighted by Gasteiger charge is 2.27. The first-order valence-corrected chi connectivity index (χ1v) is 9.55. The van der Waals surface area contributed by atoms with Crippen molar-refractivity contribution in [3.8, 4) is 0 Å². The molecule has 7 nitrogen and oxygen atoms in total. The van der Waals surface area contributed by atoms with Gasteiger partial charge in [-0.2, -0.15) is 5.10 Å². The van der Waals surface area contributed by atoms with E-state index in [1.165, 1.54) is 11.8 Å². The fourth-order valence-corrected chi connectivity index (χ4v) is 3.83. The zero-order valence-corrected chi connectivity index (χ0v) is 15.0. The van der Waals surface area contributed by atoms with Gasteiger partial charge in [-0.3, -0.25) is 9.89 Å². The third-order valence-corrected chi connectivity index (χ3v) is 5.33. The van der Waals surface area contributed by atoms with Crippen LogP contribution in [0.2, 0.25) is 0 Å². The van der Waals surface area contributed by atoms with Crippen molar-refractivity contribution in [2.45, 2.75) is 29.7 Å². The Labute approximate surface area is 155 Å². The summed E-state index contributed by atoms with van der Waals surface area (Å²) in [5.41, 5.74) is 1.09. The van der Waals surface area contributed by atoms with Gasteiger partial charge in [0, 0.05) is 43.3 Å². The Kier molecular flexibility index (Phi) is 5.01. The van der Waals surface area contributed by atoms with Crippen LogP contribution in [-0.4, -0.2) is 44.1 Å². The number of nitrogens with zero attached hydrogens (tertiary/aromatic N) is 4. The molecule has 3 aromatic heterocycles. The van der Waals surface area contributed by atoms with E-state index in [-0.39, 0.29) is 5.91 Å². The van der Waals surface area contributed by atoms with Crippen molar-refractivity contribution in [1.29, 1.82) is 0 Å². The van der Waals surface area contributed by atoms with Crippen LogP contribution < -0.4 is 0 Å². The molecule has 0 spiro atoms. The first-order chi connectivity index (χ1) is 12.8. The number of nitrogens with one attached hydrogen (secondary N) is 1. The lowest BCUT2D eigenvalue weighted by molar-refractivity contribution is 0.0672. The van der Waals surface area contributed by atoms with Gasteiger partial charge < -0.3 is 9.32 Å². The number of aromatic amines is 1. The maximum Gasteiger partial charge on any atom is 0.289 e. The number of thioether (sulfide) groups is 1. The zero-order chi connectivity index (χ0) is 17.8. The van der Waals surface area contributed by atoms with Crippen molar-refractivity contribution in [2.24, 2.45) is 0 Å². The first-order valence-electron chi connectivity index (χ1n) is 8.56. The second kappa shape index (κ2) is 7.74. The Morgan fingerprint density at radius 3 is 2.96 bits per heavy atom. The Morgan fingerprint density at radius 1 is 1.27 bits per heavy atom. The SMILES string of the molecule is O=C(c1ccc(CSc2ncccn2)o1)N1CCCC(c2ccn[nH]2)C1. The molecule has 1 fully saturated rings. The third-order valence-electron chi connectivity index (χ3n) is 4.43. The minimum absolute atomic E-state index is 0.0542. The van der Waals surface area contributed by atoms with Crippen molar-refractivity contribution in [1.82, 2.24) is 25.1 Å². The predicted octanol–water partition coefficient (Wildman–Crippen LogP) is 3.10. The van der Waals surface area contributed by atoms with Crippen LogP contribution in [0.5, 0.6) is 0 Å². The van der Waals surface area contributed by atoms with Crippen LogP contribution in [0.4, 0.5) is 0 Å². The van der Waals surface area contributed by atoms with E-state index in [0.29, 0.717) is 29.1 Å². The summed E-state index contributed by atoms with van der Waals surface area (Å²) < 4.78 is 5.76. The molecular weight excluding hydrogens is 350 g/mol. The Balaban J connectivity index is 1.38. The van der Waals surface area contributed by atoms with Gasteiger partial charge in [-0.15, -0.1) is 0 Å². The van der Waals surface area contributed by atoms with Crippen molar-refractivity contribution >= 4 is 17.7 Å². The molecule has 0 aliphatic carbocycles. The Morgan fingerprint density at radius 2 is 2.15 bits per heavy atom. The van der Waals surface area contributed by atoms with E-state index < -0.39 is 0 Å². The maximum absolute atomic E-state index is 12.8. The van der Waals surface area contributed by atoms with E-state index >= 15 is 0 Å². The van der Waals surface area contributed by atoms with E-state index in [0.717, 1.165) is 30.8 Å². The molecule has 8 heteroatoms. The number of carbonyl (C=O) groups is 1. The van der Waals surface area contributed by atoms with E-state index in [4.69, 9.17) is 4.42 Å². The lowest BCUT2D eigenvalue weighted by atomic mass is 9.95. The lowest BCUT2D eigenvalue weighted by Crippen LogP contribution is -2.39. The summed E-state index contributed by atoms with van der Waals surface area (Å²) in [6.07, 6.45) is 7.20. The summed E-state index contributed by atoms with van der Waals surface area (Å²) in [7, 11) is 0. The molecule has 1 amide bonds. The molecule has 1 N–H and O–H groups in total. The molecule has 0 saturated carbocycles. The number of rotatable bonds is 5. The molecule has 0 radical (unpaired) electrons. The number of H-pyrrole nitrogens is 1. The summed E-state index contributed by atoms with van der Waals surface area (Å²) in [4.78, 5) is 23.0. The number of furan rings is 1. The van der Waals surface area contributed by atoms with Crippen LogP contribution in [0.25, 0.3) is 0 Å². The fraction of sp³-hybridized carbons (Fsp3) is 0.333. The molecule has 1 unspecified atom stereocenters. The summed E-state index contributed by atoms with van der Waals surface area (Å²) in [5.74, 6) is 1.97. The van der Waals surface area contributed by atoms with Gasteiger partial charge >= 0.3 is 0 Å². The van der Waals surface area contributed by atoms with Gasteiger partial charge in [-0.05, 0) is 37.1 Å². The zero-order valence-electron chi connectivity index (χ0n) is 14.2. The normalized spacial score (nSPS) is 17.4. The molecule has 26 heavy (non-hydrogen) atoms. The lowest BCUT2D eigenvalue weighted by Gasteiger charge is -2.31. The highest BCUT2D eigenvalue weighted by Crippen LogP contribution is 2.27. The topological polar surface area (TPSA) is 87.9 Å². The van der Waals surface area contributed by atoms with Crippen molar-refractivity contribution in [3.63, 3.8) is 0 Å². The van der Waals surface area contributed by atoms with Gasteiger partial charge in [-0.25, -0.2) is 9.97 Å². The first kappa shape index (κ1) is 16.8. The number of aromatic nitrogens is 4. The molecule has 1 aliphatic rings. The van der Waals surface area contributed by atoms with Gasteiger partial charge in [0.05, 0.1) is 5.75 Å². The highest BCUT2D eigenvalue weighted by atomic mass is 32.2. The highest BCUT2D eigenvalue weighted by molar-refractivity contribution is 7.98. The van der Waals surface area contributed by atoms with Gasteiger partial charge in [-0.1, -0.05) is 11.8 Å². The van der Waals surface area contributed by atoms with Crippen LogP contribution in [0, 0.1) is 0 Å². The minimum Gasteiger partial charge on any atom is -0.455 e. The number of hydrogen-bond acceptors (Lipinski definition) is 6. The number of hydrogen-bond donors (Lipinski definition) is 1. The number of likely N-dealkylation sites (tertiary alicyclic amines) is 1. The number of amides is 1. The Bertz CT molecular complexity index is 850. The monoisotopic (exact) mass is 369 g/mol. The van der Waals surface area contributed by atoms with E-state index in [1.807, 2.05) is 17.0 Å². The second-order valence-corrected chi connectivity index (χ2v) is 7.13. The molecule has 3 aromatic rings. The summed E-state index contributed by atoms with van der Waals surface area (Å²) in [6.45, 7) is 1.44. The molecule has 1 aliphatic heterocycles. The van der Waals surface area contributed by atoms with Gasteiger partial charge in [0.2, 0.25) is 0 Å². The van der Waals surface area contributed by atoms with Crippen molar-refractivity contribution in [3.05, 3.63) is 60.1 Å². The van der Waals surface area contributed by atoms with E-state index in [1.54, 1.807) is 30.7 Å². The predicted molar refractivity (Wildman–Crippen MR) is 96.8 cm³/mol. The molecule has 1 saturated heterocycles. The Hall–Kier alpha value is -2.61. The largest absolute Gasteiger partial charge is 0.455 e. The van der Waals surface area contributed by atoms with Crippen molar-refractivity contribution < 1.29 is 9.21 Å². The van der Waals surface area contributed by atoms with Crippen LogP contribution in [0.1, 0.15) is 40.8 Å². The maximum atomic E-state index is 12.8. The van der Waals surface area contributed by atoms with Crippen molar-refractivity contribution in [2.75, 3.05) is 13.1 Å². The molecule has 4 heterocycles. The average Bonchev–Trinajstić information content (AvgIpc) is 3.39. The average molecular weight is 369 g/mol. The van der Waals surface area contributed by atoms with Gasteiger partial charge in [0.15, 0.2) is 10.9 Å². The van der Waals surface area contributed by atoms with E-state index in [9.17, 15) is 4.79 Å².